The molecule has 12 heteroatoms. The lowest BCUT2D eigenvalue weighted by Crippen LogP contribution is -2.61. The normalized spacial score (nSPS) is 40.6. The Morgan fingerprint density at radius 3 is 2.38 bits per heavy atom. The number of aryl methyl sites for hydroxylation is 1. The average molecular weight is 420 g/mol. The number of aliphatic hydroxyl groups excluding tert-OH is 6. The van der Waals surface area contributed by atoms with Gasteiger partial charge in [0.05, 0.1) is 19.5 Å². The van der Waals surface area contributed by atoms with Crippen LogP contribution >= 0.6 is 0 Å². The molecule has 2 aliphatic rings. The van der Waals surface area contributed by atoms with Gasteiger partial charge in [-0.05, 0) is 6.92 Å². The van der Waals surface area contributed by atoms with Crippen molar-refractivity contribution in [2.24, 2.45) is 0 Å². The van der Waals surface area contributed by atoms with E-state index in [0.29, 0.717) is 0 Å². The zero-order valence-corrected chi connectivity index (χ0v) is 15.4. The van der Waals surface area contributed by atoms with Gasteiger partial charge in [-0.1, -0.05) is 0 Å². The predicted octanol–water partition coefficient (Wildman–Crippen LogP) is -3.41. The summed E-state index contributed by atoms with van der Waals surface area (Å²) in [7, 11) is 0. The van der Waals surface area contributed by atoms with E-state index >= 15 is 0 Å². The number of hydrogen-bond acceptors (Lipinski definition) is 12. The van der Waals surface area contributed by atoms with Crippen molar-refractivity contribution >= 4 is 0 Å². The van der Waals surface area contributed by atoms with E-state index in [4.69, 9.17) is 23.4 Å². The van der Waals surface area contributed by atoms with Crippen molar-refractivity contribution in [2.45, 2.75) is 62.2 Å². The molecular weight excluding hydrogens is 396 g/mol. The molecule has 0 bridgehead atoms. The van der Waals surface area contributed by atoms with Crippen LogP contribution in [0.3, 0.4) is 0 Å². The summed E-state index contributed by atoms with van der Waals surface area (Å²) >= 11 is 0. The Morgan fingerprint density at radius 1 is 1.00 bits per heavy atom. The van der Waals surface area contributed by atoms with Crippen LogP contribution in [0.1, 0.15) is 5.76 Å². The first-order valence-electron chi connectivity index (χ1n) is 8.92. The first-order chi connectivity index (χ1) is 13.7. The van der Waals surface area contributed by atoms with E-state index < -0.39 is 67.3 Å². The number of aliphatic hydroxyl groups is 6. The van der Waals surface area contributed by atoms with Gasteiger partial charge in [0.1, 0.15) is 48.5 Å². The molecule has 0 saturated carbocycles. The van der Waals surface area contributed by atoms with Crippen molar-refractivity contribution in [1.82, 2.24) is 0 Å². The second-order valence-electron chi connectivity index (χ2n) is 6.89. The van der Waals surface area contributed by atoms with E-state index in [1.54, 1.807) is 0 Å². The predicted molar refractivity (Wildman–Crippen MR) is 90.7 cm³/mol. The second-order valence-corrected chi connectivity index (χ2v) is 6.89. The van der Waals surface area contributed by atoms with Crippen molar-refractivity contribution in [3.8, 4) is 5.75 Å². The van der Waals surface area contributed by atoms with E-state index in [1.807, 2.05) is 0 Å². The third-order valence-corrected chi connectivity index (χ3v) is 4.79. The van der Waals surface area contributed by atoms with Gasteiger partial charge >= 0.3 is 0 Å². The molecule has 29 heavy (non-hydrogen) atoms. The molecule has 12 nitrogen and oxygen atoms in total. The SMILES string of the molecule is Cc1occc(=O)c1OC1OC(COC2OCC(O)C(O)C2O)C(O)C(O)C1O. The van der Waals surface area contributed by atoms with Crippen molar-refractivity contribution in [3.63, 3.8) is 0 Å². The highest BCUT2D eigenvalue weighted by atomic mass is 16.7. The average Bonchev–Trinajstić information content (AvgIpc) is 2.69. The minimum Gasteiger partial charge on any atom is -0.465 e. The van der Waals surface area contributed by atoms with Crippen LogP contribution < -0.4 is 10.2 Å². The molecule has 9 atom stereocenters. The quantitative estimate of drug-likeness (QED) is 0.277. The Labute approximate surface area is 164 Å². The highest BCUT2D eigenvalue weighted by Gasteiger charge is 2.46. The molecule has 2 fully saturated rings. The lowest BCUT2D eigenvalue weighted by atomic mass is 9.99. The Bertz CT molecular complexity index is 737. The smallest absolute Gasteiger partial charge is 0.229 e. The monoisotopic (exact) mass is 420 g/mol. The summed E-state index contributed by atoms with van der Waals surface area (Å²) in [6.45, 7) is 0.740. The molecule has 0 spiro atoms. The van der Waals surface area contributed by atoms with Gasteiger partial charge in [0.2, 0.25) is 17.5 Å². The van der Waals surface area contributed by atoms with Gasteiger partial charge in [-0.15, -0.1) is 0 Å². The molecular formula is C17H24O12. The van der Waals surface area contributed by atoms with Crippen LogP contribution in [0.5, 0.6) is 5.75 Å². The minimum absolute atomic E-state index is 0.119. The molecule has 2 aliphatic heterocycles. The minimum atomic E-state index is -1.69. The first-order valence-corrected chi connectivity index (χ1v) is 8.92. The van der Waals surface area contributed by atoms with Crippen molar-refractivity contribution in [2.75, 3.05) is 13.2 Å². The molecule has 1 aromatic heterocycles. The summed E-state index contributed by atoms with van der Waals surface area (Å²) in [4.78, 5) is 11.9. The fourth-order valence-corrected chi connectivity index (χ4v) is 3.02. The zero-order valence-electron chi connectivity index (χ0n) is 15.4. The van der Waals surface area contributed by atoms with Crippen molar-refractivity contribution in [1.29, 1.82) is 0 Å². The summed E-state index contributed by atoms with van der Waals surface area (Å²) < 4.78 is 26.2. The van der Waals surface area contributed by atoms with Crippen LogP contribution in [0, 0.1) is 6.92 Å². The van der Waals surface area contributed by atoms with Gasteiger partial charge < -0.3 is 54.0 Å². The van der Waals surface area contributed by atoms with Crippen molar-refractivity contribution < 1.29 is 54.0 Å². The van der Waals surface area contributed by atoms with E-state index in [0.717, 1.165) is 6.07 Å². The van der Waals surface area contributed by atoms with E-state index in [9.17, 15) is 35.4 Å². The van der Waals surface area contributed by atoms with Crippen LogP contribution in [0.4, 0.5) is 0 Å². The Hall–Kier alpha value is -1.61. The van der Waals surface area contributed by atoms with Gasteiger partial charge in [-0.25, -0.2) is 0 Å². The zero-order chi connectivity index (χ0) is 21.3. The fraction of sp³-hybridized carbons (Fsp3) is 0.706. The van der Waals surface area contributed by atoms with Crippen LogP contribution in [-0.2, 0) is 14.2 Å². The topological polar surface area (TPSA) is 189 Å². The molecule has 0 amide bonds. The third kappa shape index (κ3) is 4.60. The number of ether oxygens (including phenoxy) is 4. The Balaban J connectivity index is 1.67. The van der Waals surface area contributed by atoms with E-state index in [-0.39, 0.29) is 18.1 Å². The summed E-state index contributed by atoms with van der Waals surface area (Å²) in [6, 6.07) is 1.10. The van der Waals surface area contributed by atoms with Gasteiger partial charge in [-0.3, -0.25) is 4.79 Å². The lowest BCUT2D eigenvalue weighted by molar-refractivity contribution is -0.307. The third-order valence-electron chi connectivity index (χ3n) is 4.79. The van der Waals surface area contributed by atoms with Crippen molar-refractivity contribution in [3.05, 3.63) is 28.3 Å². The Morgan fingerprint density at radius 2 is 1.69 bits per heavy atom. The molecule has 3 rings (SSSR count). The van der Waals surface area contributed by atoms with Gasteiger partial charge in [-0.2, -0.15) is 0 Å². The molecule has 0 aliphatic carbocycles. The summed E-state index contributed by atoms with van der Waals surface area (Å²) in [5.74, 6) is -0.115. The molecule has 6 N–H and O–H groups in total. The van der Waals surface area contributed by atoms with Crippen LogP contribution in [-0.4, -0.2) is 99.2 Å². The van der Waals surface area contributed by atoms with Gasteiger partial charge in [0, 0.05) is 6.07 Å². The van der Waals surface area contributed by atoms with E-state index in [1.165, 1.54) is 13.2 Å². The molecule has 0 radical (unpaired) electrons. The molecule has 0 aromatic carbocycles. The molecule has 164 valence electrons. The Kier molecular flexibility index (Phi) is 6.88. The molecule has 2 saturated heterocycles. The van der Waals surface area contributed by atoms with Crippen LogP contribution in [0.2, 0.25) is 0 Å². The standard InChI is InChI=1S/C17H24O12/c1-6-15(7(18)2-3-25-6)29-17-14(24)12(22)11(21)9(28-17)5-27-16-13(23)10(20)8(19)4-26-16/h2-3,8-14,16-17,19-24H,4-5H2,1H3. The summed E-state index contributed by atoms with van der Waals surface area (Å²) in [6.07, 6.45) is -12.2. The maximum Gasteiger partial charge on any atom is 0.229 e. The van der Waals surface area contributed by atoms with Crippen LogP contribution in [0.15, 0.2) is 21.5 Å². The van der Waals surface area contributed by atoms with E-state index in [2.05, 4.69) is 0 Å². The number of rotatable bonds is 5. The second kappa shape index (κ2) is 9.04. The highest BCUT2D eigenvalue weighted by molar-refractivity contribution is 5.23. The number of hydrogen-bond donors (Lipinski definition) is 6. The van der Waals surface area contributed by atoms with Gasteiger partial charge in [0.15, 0.2) is 6.29 Å². The maximum absolute atomic E-state index is 11.9. The summed E-state index contributed by atoms with van der Waals surface area (Å²) in [5, 5.41) is 59.4. The molecule has 1 aromatic rings. The molecule has 9 unspecified atom stereocenters. The van der Waals surface area contributed by atoms with Gasteiger partial charge in [0.25, 0.3) is 0 Å². The molecule has 3 heterocycles. The fourth-order valence-electron chi connectivity index (χ4n) is 3.02. The summed E-state index contributed by atoms with van der Waals surface area (Å²) in [5.41, 5.74) is -0.538. The maximum atomic E-state index is 11.9. The largest absolute Gasteiger partial charge is 0.465 e. The van der Waals surface area contributed by atoms with Crippen LogP contribution in [0.25, 0.3) is 0 Å². The lowest BCUT2D eigenvalue weighted by Gasteiger charge is -2.41. The highest BCUT2D eigenvalue weighted by Crippen LogP contribution is 2.26. The first kappa shape index (κ1) is 22.1.